The predicted octanol–water partition coefficient (Wildman–Crippen LogP) is 1.37. The summed E-state index contributed by atoms with van der Waals surface area (Å²) in [5.41, 5.74) is 0.438. The Kier molecular flexibility index (Phi) is 6.42. The van der Waals surface area contributed by atoms with Crippen LogP contribution in [-0.4, -0.2) is 31.7 Å². The Morgan fingerprint density at radius 1 is 1.15 bits per heavy atom. The van der Waals surface area contributed by atoms with Gasteiger partial charge < -0.3 is 15.4 Å². The first-order valence-corrected chi connectivity index (χ1v) is 6.13. The van der Waals surface area contributed by atoms with E-state index in [9.17, 15) is 18.4 Å². The molecule has 2 N–H and O–H groups in total. The monoisotopic (exact) mass is 286 g/mol. The third-order valence-corrected chi connectivity index (χ3v) is 2.32. The summed E-state index contributed by atoms with van der Waals surface area (Å²) in [6, 6.07) is 2.63. The van der Waals surface area contributed by atoms with Crippen molar-refractivity contribution in [3.63, 3.8) is 0 Å². The van der Waals surface area contributed by atoms with Gasteiger partial charge >= 0.3 is 12.0 Å². The van der Waals surface area contributed by atoms with Gasteiger partial charge in [-0.3, -0.25) is 4.79 Å². The van der Waals surface area contributed by atoms with Crippen molar-refractivity contribution >= 4 is 12.0 Å². The molecular formula is C13H16F2N2O3. The smallest absolute Gasteiger partial charge is 0.325 e. The molecule has 2 amide bonds. The molecule has 0 unspecified atom stereocenters. The van der Waals surface area contributed by atoms with Crippen LogP contribution in [0, 0.1) is 11.6 Å². The number of urea groups is 1. The summed E-state index contributed by atoms with van der Waals surface area (Å²) in [4.78, 5) is 22.3. The Bertz CT molecular complexity index is 460. The summed E-state index contributed by atoms with van der Waals surface area (Å²) in [5, 5.41) is 4.77. The number of benzene rings is 1. The molecule has 20 heavy (non-hydrogen) atoms. The van der Waals surface area contributed by atoms with Gasteiger partial charge in [-0.05, 0) is 31.0 Å². The van der Waals surface area contributed by atoms with Gasteiger partial charge in [-0.1, -0.05) is 0 Å². The molecule has 1 aromatic carbocycles. The number of rotatable bonds is 6. The first kappa shape index (κ1) is 15.9. The summed E-state index contributed by atoms with van der Waals surface area (Å²) in [7, 11) is 0. The van der Waals surface area contributed by atoms with Crippen molar-refractivity contribution in [2.24, 2.45) is 0 Å². The van der Waals surface area contributed by atoms with E-state index in [4.69, 9.17) is 0 Å². The van der Waals surface area contributed by atoms with Crippen LogP contribution in [0.1, 0.15) is 12.5 Å². The lowest BCUT2D eigenvalue weighted by molar-refractivity contribution is -0.141. The molecule has 0 aliphatic carbocycles. The van der Waals surface area contributed by atoms with Crippen molar-refractivity contribution in [2.45, 2.75) is 13.3 Å². The van der Waals surface area contributed by atoms with E-state index in [0.717, 1.165) is 6.07 Å². The van der Waals surface area contributed by atoms with Crippen LogP contribution in [0.25, 0.3) is 0 Å². The first-order valence-electron chi connectivity index (χ1n) is 6.13. The van der Waals surface area contributed by atoms with Crippen molar-refractivity contribution in [3.05, 3.63) is 35.4 Å². The molecule has 0 spiro atoms. The van der Waals surface area contributed by atoms with Crippen LogP contribution in [0.3, 0.4) is 0 Å². The molecular weight excluding hydrogens is 270 g/mol. The van der Waals surface area contributed by atoms with Crippen molar-refractivity contribution in [1.29, 1.82) is 0 Å². The third-order valence-electron chi connectivity index (χ3n) is 2.32. The highest BCUT2D eigenvalue weighted by Gasteiger charge is 2.05. The normalized spacial score (nSPS) is 9.95. The zero-order valence-corrected chi connectivity index (χ0v) is 11.0. The minimum atomic E-state index is -0.660. The van der Waals surface area contributed by atoms with Gasteiger partial charge in [0.2, 0.25) is 0 Å². The number of amides is 2. The largest absolute Gasteiger partial charge is 0.465 e. The van der Waals surface area contributed by atoms with Crippen LogP contribution >= 0.6 is 0 Å². The molecule has 1 aromatic rings. The fourth-order valence-corrected chi connectivity index (χ4v) is 1.50. The number of ether oxygens (including phenoxy) is 1. The molecule has 0 fully saturated rings. The molecule has 0 atom stereocenters. The number of halogens is 2. The highest BCUT2D eigenvalue weighted by atomic mass is 19.1. The summed E-state index contributed by atoms with van der Waals surface area (Å²) in [6.07, 6.45) is 0.279. The molecule has 0 heterocycles. The third kappa shape index (κ3) is 6.12. The van der Waals surface area contributed by atoms with Gasteiger partial charge in [0.25, 0.3) is 0 Å². The summed E-state index contributed by atoms with van der Waals surface area (Å²) >= 11 is 0. The maximum atomic E-state index is 12.9. The molecule has 0 saturated heterocycles. The average molecular weight is 286 g/mol. The summed E-state index contributed by atoms with van der Waals surface area (Å²) in [5.74, 6) is -1.85. The van der Waals surface area contributed by atoms with Gasteiger partial charge in [-0.15, -0.1) is 0 Å². The molecule has 0 saturated carbocycles. The molecule has 0 bridgehead atoms. The molecule has 0 aliphatic rings. The predicted molar refractivity (Wildman–Crippen MR) is 68.1 cm³/mol. The van der Waals surface area contributed by atoms with E-state index in [1.807, 2.05) is 0 Å². The average Bonchev–Trinajstić information content (AvgIpc) is 2.35. The standard InChI is InChI=1S/C13H16F2N2O3/c1-2-20-12(18)8-17-13(19)16-4-3-9-5-10(14)7-11(15)6-9/h5-7H,2-4,8H2,1H3,(H2,16,17,19). The second-order valence-corrected chi connectivity index (χ2v) is 3.94. The highest BCUT2D eigenvalue weighted by Crippen LogP contribution is 2.07. The minimum absolute atomic E-state index is 0.192. The summed E-state index contributed by atoms with van der Waals surface area (Å²) in [6.45, 7) is 1.87. The first-order chi connectivity index (χ1) is 9.51. The highest BCUT2D eigenvalue weighted by molar-refractivity contribution is 5.80. The lowest BCUT2D eigenvalue weighted by Gasteiger charge is -2.07. The minimum Gasteiger partial charge on any atom is -0.465 e. The van der Waals surface area contributed by atoms with E-state index in [2.05, 4.69) is 15.4 Å². The zero-order valence-electron chi connectivity index (χ0n) is 11.0. The van der Waals surface area contributed by atoms with Gasteiger partial charge in [0.05, 0.1) is 6.61 Å². The fraction of sp³-hybridized carbons (Fsp3) is 0.385. The number of nitrogens with one attached hydrogen (secondary N) is 2. The van der Waals surface area contributed by atoms with Crippen LogP contribution in [-0.2, 0) is 16.0 Å². The Balaban J connectivity index is 2.26. The van der Waals surface area contributed by atoms with Crippen LogP contribution in [0.4, 0.5) is 13.6 Å². The quantitative estimate of drug-likeness (QED) is 0.776. The van der Waals surface area contributed by atoms with Crippen molar-refractivity contribution < 1.29 is 23.1 Å². The number of hydrogen-bond acceptors (Lipinski definition) is 3. The van der Waals surface area contributed by atoms with E-state index >= 15 is 0 Å². The van der Waals surface area contributed by atoms with E-state index in [0.29, 0.717) is 5.56 Å². The lowest BCUT2D eigenvalue weighted by Crippen LogP contribution is -2.39. The number of esters is 1. The Labute approximate surface area is 115 Å². The molecule has 110 valence electrons. The van der Waals surface area contributed by atoms with Crippen molar-refractivity contribution in [3.8, 4) is 0 Å². The Morgan fingerprint density at radius 2 is 1.80 bits per heavy atom. The topological polar surface area (TPSA) is 67.4 Å². The van der Waals surface area contributed by atoms with Gasteiger partial charge in [-0.2, -0.15) is 0 Å². The molecule has 0 aromatic heterocycles. The van der Waals surface area contributed by atoms with Gasteiger partial charge in [0, 0.05) is 12.6 Å². The van der Waals surface area contributed by atoms with Crippen LogP contribution < -0.4 is 10.6 Å². The van der Waals surface area contributed by atoms with Crippen LogP contribution in [0.15, 0.2) is 18.2 Å². The number of carbonyl (C=O) groups is 2. The molecule has 1 rings (SSSR count). The maximum Gasteiger partial charge on any atom is 0.325 e. The molecule has 0 aliphatic heterocycles. The van der Waals surface area contributed by atoms with E-state index < -0.39 is 23.6 Å². The second-order valence-electron chi connectivity index (χ2n) is 3.94. The SMILES string of the molecule is CCOC(=O)CNC(=O)NCCc1cc(F)cc(F)c1. The van der Waals surface area contributed by atoms with Crippen molar-refractivity contribution in [1.82, 2.24) is 10.6 Å². The van der Waals surface area contributed by atoms with Crippen molar-refractivity contribution in [2.75, 3.05) is 19.7 Å². The second kappa shape index (κ2) is 8.08. The van der Waals surface area contributed by atoms with Crippen LogP contribution in [0.2, 0.25) is 0 Å². The molecule has 0 radical (unpaired) electrons. The zero-order chi connectivity index (χ0) is 15.0. The molecule has 5 nitrogen and oxygen atoms in total. The maximum absolute atomic E-state index is 12.9. The van der Waals surface area contributed by atoms with E-state index in [1.165, 1.54) is 12.1 Å². The Morgan fingerprint density at radius 3 is 2.40 bits per heavy atom. The van der Waals surface area contributed by atoms with Gasteiger partial charge in [0.15, 0.2) is 0 Å². The van der Waals surface area contributed by atoms with E-state index in [-0.39, 0.29) is 26.1 Å². The number of carbonyl (C=O) groups excluding carboxylic acids is 2. The van der Waals surface area contributed by atoms with Gasteiger partial charge in [0.1, 0.15) is 18.2 Å². The Hall–Kier alpha value is -2.18. The van der Waals surface area contributed by atoms with Crippen LogP contribution in [0.5, 0.6) is 0 Å². The fourth-order valence-electron chi connectivity index (χ4n) is 1.50. The van der Waals surface area contributed by atoms with E-state index in [1.54, 1.807) is 6.92 Å². The molecule has 7 heteroatoms. The lowest BCUT2D eigenvalue weighted by atomic mass is 10.1. The number of hydrogen-bond donors (Lipinski definition) is 2. The summed E-state index contributed by atoms with van der Waals surface area (Å²) < 4.78 is 30.4. The van der Waals surface area contributed by atoms with Gasteiger partial charge in [-0.25, -0.2) is 13.6 Å².